The van der Waals surface area contributed by atoms with Gasteiger partial charge in [0.1, 0.15) is 29.7 Å². The molecule has 1 aliphatic carbocycles. The van der Waals surface area contributed by atoms with E-state index < -0.39 is 30.6 Å². The largest absolute Gasteiger partial charge is 0.490 e. The van der Waals surface area contributed by atoms with Crippen molar-refractivity contribution in [1.82, 2.24) is 10.2 Å². The van der Waals surface area contributed by atoms with Crippen molar-refractivity contribution in [1.29, 1.82) is 0 Å². The van der Waals surface area contributed by atoms with Gasteiger partial charge in [0.2, 0.25) is 0 Å². The van der Waals surface area contributed by atoms with E-state index in [0.717, 1.165) is 49.9 Å². The van der Waals surface area contributed by atoms with Gasteiger partial charge < -0.3 is 14.8 Å². The first-order chi connectivity index (χ1) is 21.4. The maximum atomic E-state index is 15.8. The van der Waals surface area contributed by atoms with Crippen molar-refractivity contribution in [3.8, 4) is 11.5 Å². The molecule has 3 aliphatic rings. The van der Waals surface area contributed by atoms with Crippen LogP contribution in [0.15, 0.2) is 60.7 Å². The van der Waals surface area contributed by atoms with Crippen LogP contribution < -0.4 is 14.8 Å². The van der Waals surface area contributed by atoms with Crippen LogP contribution in [0.5, 0.6) is 11.5 Å². The summed E-state index contributed by atoms with van der Waals surface area (Å²) in [6.07, 6.45) is 6.41. The summed E-state index contributed by atoms with van der Waals surface area (Å²) >= 11 is 0. The Labute approximate surface area is 257 Å². The van der Waals surface area contributed by atoms with Crippen LogP contribution in [0.3, 0.4) is 0 Å². The zero-order valence-corrected chi connectivity index (χ0v) is 25.2. The SMILES string of the molecule is Fc1cc(OC2CCC3(CCCNCCC3)CC2)cc(F)c1C1c2ccc(OCc3ccccc3)cc2CCN1CC(F)F. The first-order valence-electron chi connectivity index (χ1n) is 16.1. The number of halogens is 4. The zero-order chi connectivity index (χ0) is 30.5. The molecule has 0 aromatic heterocycles. The van der Waals surface area contributed by atoms with Gasteiger partial charge in [0.25, 0.3) is 6.43 Å². The lowest BCUT2D eigenvalue weighted by molar-refractivity contribution is 0.0603. The third kappa shape index (κ3) is 7.23. The fraction of sp³-hybridized carbons (Fsp3) is 0.500. The Kier molecular flexibility index (Phi) is 9.77. The predicted molar refractivity (Wildman–Crippen MR) is 163 cm³/mol. The van der Waals surface area contributed by atoms with E-state index in [2.05, 4.69) is 5.32 Å². The number of fused-ring (bicyclic) bond motifs is 1. The van der Waals surface area contributed by atoms with Gasteiger partial charge in [-0.05, 0) is 105 Å². The van der Waals surface area contributed by atoms with Gasteiger partial charge in [0.05, 0.1) is 18.7 Å². The monoisotopic (exact) mass is 610 g/mol. The average molecular weight is 611 g/mol. The summed E-state index contributed by atoms with van der Waals surface area (Å²) in [5.41, 5.74) is 2.61. The summed E-state index contributed by atoms with van der Waals surface area (Å²) < 4.78 is 71.1. The van der Waals surface area contributed by atoms with E-state index in [1.54, 1.807) is 12.1 Å². The van der Waals surface area contributed by atoms with E-state index in [4.69, 9.17) is 9.47 Å². The van der Waals surface area contributed by atoms with E-state index in [1.807, 2.05) is 36.4 Å². The van der Waals surface area contributed by atoms with Gasteiger partial charge in [-0.1, -0.05) is 36.4 Å². The van der Waals surface area contributed by atoms with Crippen molar-refractivity contribution in [2.24, 2.45) is 5.41 Å². The molecule has 0 amide bonds. The molecule has 4 nitrogen and oxygen atoms in total. The summed E-state index contributed by atoms with van der Waals surface area (Å²) in [6.45, 7) is 2.19. The number of hydrogen-bond acceptors (Lipinski definition) is 4. The summed E-state index contributed by atoms with van der Waals surface area (Å²) in [6, 6.07) is 16.6. The second-order valence-electron chi connectivity index (χ2n) is 12.7. The summed E-state index contributed by atoms with van der Waals surface area (Å²) in [5, 5.41) is 3.48. The minimum absolute atomic E-state index is 0.0890. The highest BCUT2D eigenvalue weighted by Crippen LogP contribution is 2.46. The highest BCUT2D eigenvalue weighted by atomic mass is 19.3. The van der Waals surface area contributed by atoms with Crippen molar-refractivity contribution < 1.29 is 27.0 Å². The molecule has 6 rings (SSSR count). The van der Waals surface area contributed by atoms with Crippen LogP contribution in [0, 0.1) is 17.0 Å². The number of nitrogens with one attached hydrogen (secondary N) is 1. The first kappa shape index (κ1) is 30.9. The van der Waals surface area contributed by atoms with Crippen LogP contribution in [0.4, 0.5) is 17.6 Å². The average Bonchev–Trinajstić information content (AvgIpc) is 3.00. The molecule has 1 saturated heterocycles. The molecule has 2 fully saturated rings. The van der Waals surface area contributed by atoms with Crippen LogP contribution in [-0.2, 0) is 13.0 Å². The van der Waals surface area contributed by atoms with E-state index in [0.29, 0.717) is 29.8 Å². The molecule has 1 saturated carbocycles. The van der Waals surface area contributed by atoms with Gasteiger partial charge >= 0.3 is 0 Å². The van der Waals surface area contributed by atoms with Crippen molar-refractivity contribution >= 4 is 0 Å². The Morgan fingerprint density at radius 3 is 2.25 bits per heavy atom. The van der Waals surface area contributed by atoms with Crippen LogP contribution in [0.1, 0.15) is 79.7 Å². The molecule has 3 aromatic rings. The molecular formula is C36H42F4N2O2. The van der Waals surface area contributed by atoms with Crippen LogP contribution >= 0.6 is 0 Å². The fourth-order valence-electron chi connectivity index (χ4n) is 7.53. The molecule has 1 unspecified atom stereocenters. The van der Waals surface area contributed by atoms with E-state index in [1.165, 1.54) is 42.7 Å². The minimum atomic E-state index is -2.63. The first-order valence-corrected chi connectivity index (χ1v) is 16.1. The molecule has 0 radical (unpaired) electrons. The lowest BCUT2D eigenvalue weighted by atomic mass is 9.67. The highest BCUT2D eigenvalue weighted by Gasteiger charge is 2.37. The number of rotatable bonds is 8. The second kappa shape index (κ2) is 13.9. The van der Waals surface area contributed by atoms with Crippen molar-refractivity contribution in [2.75, 3.05) is 26.2 Å². The maximum absolute atomic E-state index is 15.8. The van der Waals surface area contributed by atoms with Crippen molar-refractivity contribution in [3.63, 3.8) is 0 Å². The standard InChI is InChI=1S/C36H42F4N2O2/c37-31-21-29(44-27-10-15-36(16-11-27)13-4-17-41-18-5-14-36)22-32(38)34(31)35-30-9-8-28(43-24-25-6-2-1-3-7-25)20-26(30)12-19-42(35)23-33(39)40/h1-3,6-9,20-22,27,33,35,41H,4-5,10-19,23-24H2. The van der Waals surface area contributed by atoms with Crippen molar-refractivity contribution in [3.05, 3.63) is 94.6 Å². The Balaban J connectivity index is 1.19. The van der Waals surface area contributed by atoms with Crippen LogP contribution in [0.2, 0.25) is 0 Å². The molecule has 1 N–H and O–H groups in total. The molecule has 0 bridgehead atoms. The number of benzene rings is 3. The van der Waals surface area contributed by atoms with Gasteiger partial charge in [0, 0.05) is 24.2 Å². The minimum Gasteiger partial charge on any atom is -0.490 e. The maximum Gasteiger partial charge on any atom is 0.251 e. The van der Waals surface area contributed by atoms with Gasteiger partial charge in [-0.3, -0.25) is 4.90 Å². The topological polar surface area (TPSA) is 33.7 Å². The third-order valence-corrected chi connectivity index (χ3v) is 9.81. The van der Waals surface area contributed by atoms with Crippen molar-refractivity contribution in [2.45, 2.75) is 83.0 Å². The smallest absolute Gasteiger partial charge is 0.251 e. The Morgan fingerprint density at radius 1 is 0.864 bits per heavy atom. The number of nitrogens with zero attached hydrogens (tertiary/aromatic N) is 1. The van der Waals surface area contributed by atoms with E-state index in [-0.39, 0.29) is 24.0 Å². The molecule has 3 aromatic carbocycles. The molecule has 44 heavy (non-hydrogen) atoms. The molecule has 1 spiro atoms. The lowest BCUT2D eigenvalue weighted by Crippen LogP contribution is -2.40. The lowest BCUT2D eigenvalue weighted by Gasteiger charge is -2.41. The highest BCUT2D eigenvalue weighted by molar-refractivity contribution is 5.46. The Hall–Kier alpha value is -3.10. The van der Waals surface area contributed by atoms with Crippen LogP contribution in [-0.4, -0.2) is 43.6 Å². The summed E-state index contributed by atoms with van der Waals surface area (Å²) in [5.74, 6) is -0.765. The van der Waals surface area contributed by atoms with Gasteiger partial charge in [-0.25, -0.2) is 17.6 Å². The zero-order valence-electron chi connectivity index (χ0n) is 25.2. The second-order valence-corrected chi connectivity index (χ2v) is 12.7. The molecule has 8 heteroatoms. The number of hydrogen-bond donors (Lipinski definition) is 1. The number of alkyl halides is 2. The molecule has 2 aliphatic heterocycles. The predicted octanol–water partition coefficient (Wildman–Crippen LogP) is 8.23. The molecular weight excluding hydrogens is 568 g/mol. The molecule has 236 valence electrons. The molecule has 2 heterocycles. The fourth-order valence-corrected chi connectivity index (χ4v) is 7.53. The normalized spacial score (nSPS) is 21.1. The summed E-state index contributed by atoms with van der Waals surface area (Å²) in [4.78, 5) is 1.48. The number of ether oxygens (including phenoxy) is 2. The molecule has 1 atom stereocenters. The third-order valence-electron chi connectivity index (χ3n) is 9.81. The Morgan fingerprint density at radius 2 is 1.57 bits per heavy atom. The van der Waals surface area contributed by atoms with E-state index in [9.17, 15) is 8.78 Å². The van der Waals surface area contributed by atoms with Gasteiger partial charge in [0.15, 0.2) is 0 Å². The van der Waals surface area contributed by atoms with E-state index >= 15 is 8.78 Å². The van der Waals surface area contributed by atoms with Crippen LogP contribution in [0.25, 0.3) is 0 Å². The quantitative estimate of drug-likeness (QED) is 0.261. The summed E-state index contributed by atoms with van der Waals surface area (Å²) in [7, 11) is 0. The van der Waals surface area contributed by atoms with Gasteiger partial charge in [-0.2, -0.15) is 0 Å². The van der Waals surface area contributed by atoms with Gasteiger partial charge in [-0.15, -0.1) is 0 Å². The Bertz CT molecular complexity index is 1360.